The van der Waals surface area contributed by atoms with Crippen LogP contribution in [0.3, 0.4) is 0 Å². The summed E-state index contributed by atoms with van der Waals surface area (Å²) in [5, 5.41) is 0. The van der Waals surface area contributed by atoms with Gasteiger partial charge in [-0.1, -0.05) is 71.8 Å². The lowest BCUT2D eigenvalue weighted by molar-refractivity contribution is 0.0475. The first-order valence-electron chi connectivity index (χ1n) is 12.2. The smallest absolute Gasteiger partial charge is 0.338 e. The van der Waals surface area contributed by atoms with Crippen molar-refractivity contribution in [3.05, 3.63) is 113 Å². The van der Waals surface area contributed by atoms with Crippen molar-refractivity contribution in [1.29, 1.82) is 0 Å². The zero-order valence-electron chi connectivity index (χ0n) is 21.4. The van der Waals surface area contributed by atoms with Gasteiger partial charge in [-0.05, 0) is 44.2 Å². The summed E-state index contributed by atoms with van der Waals surface area (Å²) in [4.78, 5) is 35.2. The van der Waals surface area contributed by atoms with E-state index in [-0.39, 0.29) is 12.4 Å². The molecule has 6 nitrogen and oxygen atoms in total. The van der Waals surface area contributed by atoms with Crippen LogP contribution in [-0.4, -0.2) is 35.4 Å². The number of carbonyl (C=O) groups is 2. The van der Waals surface area contributed by atoms with Gasteiger partial charge < -0.3 is 9.47 Å². The van der Waals surface area contributed by atoms with Crippen molar-refractivity contribution >= 4 is 22.8 Å². The Morgan fingerprint density at radius 3 is 1.89 bits per heavy atom. The Labute approximate surface area is 220 Å². The molecule has 5 aromatic rings. The molecule has 0 aliphatic rings. The topological polar surface area (TPSA) is 78.4 Å². The number of aromatic nitrogens is 2. The number of aryl methyl sites for hydroxylation is 2. The highest BCUT2D eigenvalue weighted by Gasteiger charge is 2.17. The molecule has 0 aliphatic carbocycles. The summed E-state index contributed by atoms with van der Waals surface area (Å²) in [6.07, 6.45) is 0. The highest BCUT2D eigenvalue weighted by Crippen LogP contribution is 2.31. The summed E-state index contributed by atoms with van der Waals surface area (Å²) in [6, 6.07) is 28.0. The maximum Gasteiger partial charge on any atom is 0.338 e. The van der Waals surface area contributed by atoms with Crippen molar-refractivity contribution in [3.63, 3.8) is 0 Å². The largest absolute Gasteiger partial charge is 0.497 e. The summed E-state index contributed by atoms with van der Waals surface area (Å²) in [7, 11) is 1.53. The van der Waals surface area contributed by atoms with Crippen LogP contribution in [-0.2, 0) is 4.74 Å². The van der Waals surface area contributed by atoms with Gasteiger partial charge in [-0.25, -0.2) is 14.8 Å². The number of methoxy groups -OCH3 is 1. The first-order valence-corrected chi connectivity index (χ1v) is 12.2. The maximum absolute atomic E-state index is 12.8. The third-order valence-electron chi connectivity index (χ3n) is 6.28. The fraction of sp³-hybridized carbons (Fsp3) is 0.125. The highest BCUT2D eigenvalue weighted by molar-refractivity contribution is 6.00. The summed E-state index contributed by atoms with van der Waals surface area (Å²) >= 11 is 0. The molecule has 1 heterocycles. The number of esters is 1. The molecular formula is C32H26N2O4. The van der Waals surface area contributed by atoms with Crippen LogP contribution >= 0.6 is 0 Å². The van der Waals surface area contributed by atoms with E-state index in [9.17, 15) is 9.59 Å². The van der Waals surface area contributed by atoms with Gasteiger partial charge in [-0.3, -0.25) is 4.79 Å². The summed E-state index contributed by atoms with van der Waals surface area (Å²) in [6.45, 7) is 3.70. The van der Waals surface area contributed by atoms with Crippen LogP contribution in [0.2, 0.25) is 0 Å². The van der Waals surface area contributed by atoms with Gasteiger partial charge in [0, 0.05) is 16.7 Å². The quantitative estimate of drug-likeness (QED) is 0.184. The van der Waals surface area contributed by atoms with Crippen LogP contribution in [0.4, 0.5) is 0 Å². The number of fused-ring (bicyclic) bond motifs is 1. The van der Waals surface area contributed by atoms with E-state index in [1.54, 1.807) is 42.5 Å². The number of benzene rings is 4. The third kappa shape index (κ3) is 5.30. The first-order chi connectivity index (χ1) is 18.4. The summed E-state index contributed by atoms with van der Waals surface area (Å²) < 4.78 is 10.5. The van der Waals surface area contributed by atoms with Crippen LogP contribution in [0.5, 0.6) is 5.75 Å². The van der Waals surface area contributed by atoms with Crippen LogP contribution in [0.1, 0.15) is 31.8 Å². The number of carbonyl (C=O) groups excluding carboxylic acids is 2. The number of ether oxygens (including phenoxy) is 2. The fourth-order valence-electron chi connectivity index (χ4n) is 4.10. The Morgan fingerprint density at radius 1 is 0.684 bits per heavy atom. The van der Waals surface area contributed by atoms with Gasteiger partial charge in [0.25, 0.3) is 0 Å². The normalized spacial score (nSPS) is 10.8. The number of nitrogens with zero attached hydrogens (tertiary/aromatic N) is 2. The van der Waals surface area contributed by atoms with Crippen molar-refractivity contribution in [2.45, 2.75) is 13.8 Å². The Bertz CT molecular complexity index is 1640. The zero-order valence-corrected chi connectivity index (χ0v) is 21.4. The molecule has 4 aromatic carbocycles. The van der Waals surface area contributed by atoms with Crippen molar-refractivity contribution in [1.82, 2.24) is 9.97 Å². The fourth-order valence-corrected chi connectivity index (χ4v) is 4.10. The van der Waals surface area contributed by atoms with E-state index in [2.05, 4.69) is 0 Å². The van der Waals surface area contributed by atoms with Crippen molar-refractivity contribution in [2.75, 3.05) is 13.7 Å². The molecule has 0 amide bonds. The number of Topliss-reactive ketones (excluding diaryl/α,β-unsaturated/α-hetero) is 1. The van der Waals surface area contributed by atoms with Crippen molar-refractivity contribution in [2.24, 2.45) is 0 Å². The average Bonchev–Trinajstić information content (AvgIpc) is 2.95. The standard InChI is InChI=1S/C32H26N2O4/c1-20-7-11-22(12-8-20)30-31(23-13-9-21(2)10-14-23)34-28-18-25(15-16-27(28)33-30)32(36)38-19-29(35)24-5-4-6-26(17-24)37-3/h4-18H,19H2,1-3H3. The molecule has 0 spiro atoms. The predicted octanol–water partition coefficient (Wildman–Crippen LogP) is 6.63. The summed E-state index contributed by atoms with van der Waals surface area (Å²) in [5.41, 5.74) is 7.60. The second kappa shape index (κ2) is 10.6. The van der Waals surface area contributed by atoms with E-state index in [0.717, 1.165) is 33.6 Å². The lowest BCUT2D eigenvalue weighted by atomic mass is 10.0. The van der Waals surface area contributed by atoms with E-state index in [1.165, 1.54) is 7.11 Å². The molecule has 0 radical (unpaired) electrons. The molecule has 1 aromatic heterocycles. The highest BCUT2D eigenvalue weighted by atomic mass is 16.5. The molecule has 0 saturated carbocycles. The van der Waals surface area contributed by atoms with Crippen LogP contribution in [0, 0.1) is 13.8 Å². The molecule has 188 valence electrons. The Hall–Kier alpha value is -4.84. The zero-order chi connectivity index (χ0) is 26.6. The second-order valence-corrected chi connectivity index (χ2v) is 9.09. The second-order valence-electron chi connectivity index (χ2n) is 9.09. The Balaban J connectivity index is 1.46. The Morgan fingerprint density at radius 2 is 1.29 bits per heavy atom. The molecule has 0 unspecified atom stereocenters. The lowest BCUT2D eigenvalue weighted by Crippen LogP contribution is -2.14. The van der Waals surface area contributed by atoms with E-state index < -0.39 is 5.97 Å². The predicted molar refractivity (Wildman–Crippen MR) is 147 cm³/mol. The van der Waals surface area contributed by atoms with Gasteiger partial charge in [0.15, 0.2) is 12.4 Å². The minimum absolute atomic E-state index is 0.295. The average molecular weight is 503 g/mol. The first kappa shape index (κ1) is 24.8. The molecule has 5 rings (SSSR count). The molecule has 0 fully saturated rings. The van der Waals surface area contributed by atoms with Crippen molar-refractivity contribution in [3.8, 4) is 28.3 Å². The maximum atomic E-state index is 12.8. The molecule has 6 heteroatoms. The number of hydrogen-bond acceptors (Lipinski definition) is 6. The SMILES string of the molecule is COc1cccc(C(=O)COC(=O)c2ccc3nc(-c4ccc(C)cc4)c(-c4ccc(C)cc4)nc3c2)c1. The minimum atomic E-state index is -0.607. The van der Waals surface area contributed by atoms with Gasteiger partial charge in [-0.2, -0.15) is 0 Å². The van der Waals surface area contributed by atoms with E-state index >= 15 is 0 Å². The van der Waals surface area contributed by atoms with Gasteiger partial charge in [-0.15, -0.1) is 0 Å². The van der Waals surface area contributed by atoms with Crippen LogP contribution in [0.15, 0.2) is 91.0 Å². The van der Waals surface area contributed by atoms with Gasteiger partial charge >= 0.3 is 5.97 Å². The molecule has 0 aliphatic heterocycles. The third-order valence-corrected chi connectivity index (χ3v) is 6.28. The van der Waals surface area contributed by atoms with Gasteiger partial charge in [0.2, 0.25) is 0 Å². The number of rotatable bonds is 7. The van der Waals surface area contributed by atoms with E-state index in [1.807, 2.05) is 62.4 Å². The Kier molecular flexibility index (Phi) is 6.96. The monoisotopic (exact) mass is 502 g/mol. The number of ketones is 1. The lowest BCUT2D eigenvalue weighted by Gasteiger charge is -2.12. The van der Waals surface area contributed by atoms with Gasteiger partial charge in [0.1, 0.15) is 5.75 Å². The van der Waals surface area contributed by atoms with Crippen LogP contribution in [0.25, 0.3) is 33.5 Å². The molecular weight excluding hydrogens is 476 g/mol. The van der Waals surface area contributed by atoms with Gasteiger partial charge in [0.05, 0.1) is 35.1 Å². The number of hydrogen-bond donors (Lipinski definition) is 0. The summed E-state index contributed by atoms with van der Waals surface area (Å²) in [5.74, 6) is -0.365. The van der Waals surface area contributed by atoms with Crippen molar-refractivity contribution < 1.29 is 19.1 Å². The minimum Gasteiger partial charge on any atom is -0.497 e. The molecule has 0 bridgehead atoms. The van der Waals surface area contributed by atoms with E-state index in [4.69, 9.17) is 19.4 Å². The molecule has 0 atom stereocenters. The van der Waals surface area contributed by atoms with E-state index in [0.29, 0.717) is 27.9 Å². The molecule has 0 N–H and O–H groups in total. The molecule has 0 saturated heterocycles. The molecule has 38 heavy (non-hydrogen) atoms. The van der Waals surface area contributed by atoms with Crippen LogP contribution < -0.4 is 4.74 Å².